The van der Waals surface area contributed by atoms with Gasteiger partial charge in [0.1, 0.15) is 12.4 Å². The second-order valence-electron chi connectivity index (χ2n) is 7.63. The van der Waals surface area contributed by atoms with Crippen molar-refractivity contribution < 1.29 is 9.47 Å². The Hall–Kier alpha value is -2.44. The number of methoxy groups -OCH3 is 1. The van der Waals surface area contributed by atoms with Crippen molar-refractivity contribution >= 4 is 45.8 Å². The molecule has 1 heterocycles. The molecule has 0 unspecified atom stereocenters. The number of H-pyrrole nitrogens is 1. The van der Waals surface area contributed by atoms with E-state index in [1.807, 2.05) is 42.5 Å². The molecule has 0 saturated carbocycles. The molecule has 0 fully saturated rings. The Morgan fingerprint density at radius 1 is 0.939 bits per heavy atom. The lowest BCUT2D eigenvalue weighted by atomic mass is 10.2. The first kappa shape index (κ1) is 23.7. The van der Waals surface area contributed by atoms with Crippen LogP contribution in [-0.2, 0) is 19.6 Å². The van der Waals surface area contributed by atoms with E-state index in [1.54, 1.807) is 19.2 Å². The van der Waals surface area contributed by atoms with E-state index in [0.29, 0.717) is 39.7 Å². The molecular weight excluding hydrogens is 481 g/mol. The number of para-hydroxylation sites is 2. The fourth-order valence-electron chi connectivity index (χ4n) is 3.54. The first-order valence-electron chi connectivity index (χ1n) is 10.6. The summed E-state index contributed by atoms with van der Waals surface area (Å²) in [5.74, 6) is 2.09. The van der Waals surface area contributed by atoms with Gasteiger partial charge in [0.2, 0.25) is 0 Å². The normalized spacial score (nSPS) is 11.2. The van der Waals surface area contributed by atoms with Gasteiger partial charge in [0.15, 0.2) is 11.5 Å². The molecule has 8 heteroatoms. The smallest absolute Gasteiger partial charge is 0.180 e. The third-order valence-electron chi connectivity index (χ3n) is 5.19. The van der Waals surface area contributed by atoms with E-state index in [0.717, 1.165) is 47.4 Å². The van der Waals surface area contributed by atoms with Gasteiger partial charge >= 0.3 is 0 Å². The van der Waals surface area contributed by atoms with Crippen molar-refractivity contribution in [2.45, 2.75) is 26.0 Å². The van der Waals surface area contributed by atoms with E-state index in [1.165, 1.54) is 0 Å². The molecule has 0 spiro atoms. The number of nitrogens with zero attached hydrogens (tertiary/aromatic N) is 1. The predicted octanol–water partition coefficient (Wildman–Crippen LogP) is 6.83. The molecule has 4 rings (SSSR count). The van der Waals surface area contributed by atoms with Gasteiger partial charge in [0.25, 0.3) is 0 Å². The standard InChI is InChI=1S/C25H24Cl3N3O2/c1-32-23-13-17(12-20(28)25(23)33-15-16-8-9-18(26)19(27)11-16)14-29-10-4-7-24-30-21-5-2-3-6-22(21)31-24/h2-3,5-6,8-9,11-13,29H,4,7,10,14-15H2,1H3,(H,30,31). The summed E-state index contributed by atoms with van der Waals surface area (Å²) < 4.78 is 11.4. The SMILES string of the molecule is COc1cc(CNCCCc2nc3ccccc3[nH]2)cc(Cl)c1OCc1ccc(Cl)c(Cl)c1. The molecule has 172 valence electrons. The molecule has 5 nitrogen and oxygen atoms in total. The Balaban J connectivity index is 1.29. The predicted molar refractivity (Wildman–Crippen MR) is 135 cm³/mol. The van der Waals surface area contributed by atoms with Crippen LogP contribution in [-0.4, -0.2) is 23.6 Å². The van der Waals surface area contributed by atoms with Gasteiger partial charge in [0.05, 0.1) is 33.2 Å². The molecule has 0 aliphatic carbocycles. The van der Waals surface area contributed by atoms with Crippen LogP contribution < -0.4 is 14.8 Å². The highest BCUT2D eigenvalue weighted by atomic mass is 35.5. The van der Waals surface area contributed by atoms with Crippen molar-refractivity contribution in [1.29, 1.82) is 0 Å². The zero-order valence-corrected chi connectivity index (χ0v) is 20.4. The minimum atomic E-state index is 0.298. The van der Waals surface area contributed by atoms with Gasteiger partial charge in [-0.25, -0.2) is 4.98 Å². The van der Waals surface area contributed by atoms with Gasteiger partial charge in [-0.1, -0.05) is 53.0 Å². The highest BCUT2D eigenvalue weighted by Gasteiger charge is 2.13. The summed E-state index contributed by atoms with van der Waals surface area (Å²) in [5, 5.41) is 4.93. The highest BCUT2D eigenvalue weighted by molar-refractivity contribution is 6.42. The maximum absolute atomic E-state index is 6.50. The summed E-state index contributed by atoms with van der Waals surface area (Å²) in [6.07, 6.45) is 1.85. The number of nitrogens with one attached hydrogen (secondary N) is 2. The molecule has 0 saturated heterocycles. The van der Waals surface area contributed by atoms with Crippen molar-refractivity contribution in [1.82, 2.24) is 15.3 Å². The Bertz CT molecular complexity index is 1210. The number of rotatable bonds is 10. The summed E-state index contributed by atoms with van der Waals surface area (Å²) in [5.41, 5.74) is 3.98. The molecule has 0 radical (unpaired) electrons. The number of benzene rings is 3. The van der Waals surface area contributed by atoms with E-state index in [-0.39, 0.29) is 0 Å². The number of imidazole rings is 1. The van der Waals surface area contributed by atoms with Crippen molar-refractivity contribution in [2.75, 3.05) is 13.7 Å². The lowest BCUT2D eigenvalue weighted by Crippen LogP contribution is -2.15. The van der Waals surface area contributed by atoms with Gasteiger partial charge < -0.3 is 19.8 Å². The number of halogens is 3. The molecule has 1 aromatic heterocycles. The van der Waals surface area contributed by atoms with Crippen LogP contribution in [0.5, 0.6) is 11.5 Å². The summed E-state index contributed by atoms with van der Waals surface area (Å²) in [6, 6.07) is 17.3. The van der Waals surface area contributed by atoms with E-state index in [2.05, 4.69) is 15.3 Å². The molecule has 33 heavy (non-hydrogen) atoms. The monoisotopic (exact) mass is 503 g/mol. The second-order valence-corrected chi connectivity index (χ2v) is 8.85. The van der Waals surface area contributed by atoms with Crippen LogP contribution >= 0.6 is 34.8 Å². The zero-order valence-electron chi connectivity index (χ0n) is 18.1. The van der Waals surface area contributed by atoms with Crippen molar-refractivity contribution in [3.05, 3.63) is 86.6 Å². The Labute approximate surface area is 208 Å². The van der Waals surface area contributed by atoms with Gasteiger partial charge in [-0.2, -0.15) is 0 Å². The Morgan fingerprint density at radius 2 is 1.76 bits per heavy atom. The fourth-order valence-corrected chi connectivity index (χ4v) is 4.15. The summed E-state index contributed by atoms with van der Waals surface area (Å²) >= 11 is 18.6. The Kier molecular flexibility index (Phi) is 7.99. The average molecular weight is 505 g/mol. The van der Waals surface area contributed by atoms with Crippen LogP contribution in [0.2, 0.25) is 15.1 Å². The van der Waals surface area contributed by atoms with Crippen LogP contribution in [0.3, 0.4) is 0 Å². The molecule has 0 amide bonds. The van der Waals surface area contributed by atoms with Gasteiger partial charge in [-0.05, 0) is 60.5 Å². The molecule has 0 aliphatic heterocycles. The van der Waals surface area contributed by atoms with E-state index < -0.39 is 0 Å². The quantitative estimate of drug-likeness (QED) is 0.232. The number of aromatic nitrogens is 2. The lowest BCUT2D eigenvalue weighted by Gasteiger charge is -2.15. The van der Waals surface area contributed by atoms with Crippen LogP contribution in [0.15, 0.2) is 54.6 Å². The lowest BCUT2D eigenvalue weighted by molar-refractivity contribution is 0.284. The van der Waals surface area contributed by atoms with Gasteiger partial charge in [-0.3, -0.25) is 0 Å². The minimum Gasteiger partial charge on any atom is -0.493 e. The molecule has 0 bridgehead atoms. The minimum absolute atomic E-state index is 0.298. The highest BCUT2D eigenvalue weighted by Crippen LogP contribution is 2.37. The largest absolute Gasteiger partial charge is 0.493 e. The summed E-state index contributed by atoms with van der Waals surface area (Å²) in [4.78, 5) is 7.98. The zero-order chi connectivity index (χ0) is 23.2. The number of aromatic amines is 1. The molecule has 0 atom stereocenters. The van der Waals surface area contributed by atoms with Crippen molar-refractivity contribution in [3.8, 4) is 11.5 Å². The first-order valence-corrected chi connectivity index (χ1v) is 11.7. The summed E-state index contributed by atoms with van der Waals surface area (Å²) in [7, 11) is 1.60. The number of fused-ring (bicyclic) bond motifs is 1. The Morgan fingerprint density at radius 3 is 2.55 bits per heavy atom. The number of aryl methyl sites for hydroxylation is 1. The second kappa shape index (κ2) is 11.1. The van der Waals surface area contributed by atoms with E-state index in [9.17, 15) is 0 Å². The van der Waals surface area contributed by atoms with Crippen molar-refractivity contribution in [2.24, 2.45) is 0 Å². The van der Waals surface area contributed by atoms with Gasteiger partial charge in [0, 0.05) is 13.0 Å². The van der Waals surface area contributed by atoms with E-state index >= 15 is 0 Å². The topological polar surface area (TPSA) is 59.2 Å². The maximum Gasteiger partial charge on any atom is 0.180 e. The molecule has 2 N–H and O–H groups in total. The fraction of sp³-hybridized carbons (Fsp3) is 0.240. The van der Waals surface area contributed by atoms with Crippen LogP contribution in [0.4, 0.5) is 0 Å². The average Bonchev–Trinajstić information content (AvgIpc) is 3.23. The van der Waals surface area contributed by atoms with Crippen LogP contribution in [0.25, 0.3) is 11.0 Å². The molecule has 3 aromatic carbocycles. The number of hydrogen-bond donors (Lipinski definition) is 2. The third kappa shape index (κ3) is 6.12. The molecule has 0 aliphatic rings. The third-order valence-corrected chi connectivity index (χ3v) is 6.21. The number of hydrogen-bond acceptors (Lipinski definition) is 4. The van der Waals surface area contributed by atoms with Crippen LogP contribution in [0.1, 0.15) is 23.4 Å². The van der Waals surface area contributed by atoms with E-state index in [4.69, 9.17) is 44.3 Å². The molecule has 4 aromatic rings. The van der Waals surface area contributed by atoms with Crippen molar-refractivity contribution in [3.63, 3.8) is 0 Å². The van der Waals surface area contributed by atoms with Crippen LogP contribution in [0, 0.1) is 0 Å². The maximum atomic E-state index is 6.50. The van der Waals surface area contributed by atoms with Gasteiger partial charge in [-0.15, -0.1) is 0 Å². The number of ether oxygens (including phenoxy) is 2. The molecular formula is C25H24Cl3N3O2. The summed E-state index contributed by atoms with van der Waals surface area (Å²) in [6.45, 7) is 1.82. The first-order chi connectivity index (χ1) is 16.0.